The monoisotopic (exact) mass is 432 g/mol. The smallest absolute Gasteiger partial charge is 0.311 e. The van der Waals surface area contributed by atoms with E-state index in [9.17, 15) is 10.1 Å². The number of ether oxygens (including phenoxy) is 2. The minimum atomic E-state index is -1.01. The van der Waals surface area contributed by atoms with E-state index >= 15 is 0 Å². The molecule has 6 heteroatoms. The highest BCUT2D eigenvalue weighted by atomic mass is 16.6. The Kier molecular flexibility index (Phi) is 6.45. The van der Waals surface area contributed by atoms with Crippen molar-refractivity contribution in [2.24, 2.45) is 22.4 Å². The molecule has 0 N–H and O–H groups in total. The number of nitrogens with zero attached hydrogens (tertiary/aromatic N) is 2. The molecule has 2 fully saturated rings. The zero-order valence-corrected chi connectivity index (χ0v) is 18.4. The zero-order valence-electron chi connectivity index (χ0n) is 18.4. The van der Waals surface area contributed by atoms with E-state index in [-0.39, 0.29) is 23.4 Å². The Morgan fingerprint density at radius 1 is 1.12 bits per heavy atom. The maximum atomic E-state index is 12.9. The van der Waals surface area contributed by atoms with Gasteiger partial charge in [-0.15, -0.1) is 0 Å². The van der Waals surface area contributed by atoms with Gasteiger partial charge in [-0.05, 0) is 55.4 Å². The highest BCUT2D eigenvalue weighted by Crippen LogP contribution is 2.58. The first-order valence-corrected chi connectivity index (χ1v) is 11.1. The summed E-state index contributed by atoms with van der Waals surface area (Å²) >= 11 is 0. The van der Waals surface area contributed by atoms with Crippen LogP contribution in [0, 0.1) is 28.6 Å². The fraction of sp³-hybridized carbons (Fsp3) is 0.423. The third kappa shape index (κ3) is 4.94. The largest absolute Gasteiger partial charge is 0.457 e. The number of oxime groups is 1. The quantitative estimate of drug-likeness (QED) is 0.299. The van der Waals surface area contributed by atoms with E-state index < -0.39 is 12.1 Å². The normalized spacial score (nSPS) is 22.8. The predicted octanol–water partition coefficient (Wildman–Crippen LogP) is 5.80. The molecular weight excluding hydrogens is 404 g/mol. The van der Waals surface area contributed by atoms with Crippen LogP contribution < -0.4 is 4.74 Å². The summed E-state index contributed by atoms with van der Waals surface area (Å²) in [5, 5.41) is 13.8. The maximum absolute atomic E-state index is 12.9. The molecule has 2 saturated carbocycles. The van der Waals surface area contributed by atoms with Gasteiger partial charge in [0, 0.05) is 17.7 Å². The Morgan fingerprint density at radius 2 is 1.84 bits per heavy atom. The van der Waals surface area contributed by atoms with Crippen molar-refractivity contribution < 1.29 is 19.1 Å². The lowest BCUT2D eigenvalue weighted by atomic mass is 10.1. The number of nitriles is 1. The predicted molar refractivity (Wildman–Crippen MR) is 120 cm³/mol. The molecule has 2 aliphatic carbocycles. The van der Waals surface area contributed by atoms with Crippen LogP contribution in [0.15, 0.2) is 59.8 Å². The van der Waals surface area contributed by atoms with Crippen LogP contribution in [0.3, 0.4) is 0 Å². The second kappa shape index (κ2) is 9.44. The first-order valence-electron chi connectivity index (χ1n) is 11.1. The van der Waals surface area contributed by atoms with E-state index in [1.54, 1.807) is 30.5 Å². The molecule has 4 rings (SSSR count). The van der Waals surface area contributed by atoms with Crippen molar-refractivity contribution in [1.82, 2.24) is 0 Å². The van der Waals surface area contributed by atoms with Gasteiger partial charge in [0.1, 0.15) is 23.7 Å². The van der Waals surface area contributed by atoms with Crippen LogP contribution in [0.25, 0.3) is 0 Å². The molecule has 2 aromatic rings. The summed E-state index contributed by atoms with van der Waals surface area (Å²) in [6.45, 7) is 4.00. The van der Waals surface area contributed by atoms with Gasteiger partial charge < -0.3 is 14.3 Å². The Hall–Kier alpha value is -3.33. The highest BCUT2D eigenvalue weighted by molar-refractivity contribution is 5.85. The third-order valence-corrected chi connectivity index (χ3v) is 6.39. The topological polar surface area (TPSA) is 80.9 Å². The lowest BCUT2D eigenvalue weighted by Gasteiger charge is -2.13. The molecule has 0 amide bonds. The molecule has 32 heavy (non-hydrogen) atoms. The SMILES string of the molecule is CC1(C)C(C=NOC2CCCC2)C1C(=O)OC(C#N)c1cccc(Oc2ccccc2)c1. The van der Waals surface area contributed by atoms with Crippen LogP contribution >= 0.6 is 0 Å². The number of carbonyl (C=O) groups is 1. The van der Waals surface area contributed by atoms with Crippen LogP contribution in [0.5, 0.6) is 11.5 Å². The van der Waals surface area contributed by atoms with Crippen molar-refractivity contribution in [2.75, 3.05) is 0 Å². The number of hydrogen-bond acceptors (Lipinski definition) is 6. The molecule has 0 bridgehead atoms. The van der Waals surface area contributed by atoms with Crippen LogP contribution in [-0.4, -0.2) is 18.3 Å². The molecule has 0 radical (unpaired) electrons. The van der Waals surface area contributed by atoms with Crippen molar-refractivity contribution in [1.29, 1.82) is 5.26 Å². The third-order valence-electron chi connectivity index (χ3n) is 6.39. The van der Waals surface area contributed by atoms with Gasteiger partial charge in [0.2, 0.25) is 6.10 Å². The molecule has 0 saturated heterocycles. The van der Waals surface area contributed by atoms with E-state index in [4.69, 9.17) is 14.3 Å². The van der Waals surface area contributed by atoms with E-state index in [1.807, 2.05) is 44.2 Å². The fourth-order valence-corrected chi connectivity index (χ4v) is 4.31. The molecule has 6 nitrogen and oxygen atoms in total. The van der Waals surface area contributed by atoms with Gasteiger partial charge in [-0.25, -0.2) is 0 Å². The first-order chi connectivity index (χ1) is 15.5. The van der Waals surface area contributed by atoms with Gasteiger partial charge in [-0.2, -0.15) is 5.26 Å². The molecule has 0 aromatic heterocycles. The number of carbonyl (C=O) groups excluding carboxylic acids is 1. The van der Waals surface area contributed by atoms with Gasteiger partial charge in [0.15, 0.2) is 0 Å². The minimum Gasteiger partial charge on any atom is -0.457 e. The summed E-state index contributed by atoms with van der Waals surface area (Å²) in [7, 11) is 0. The number of rotatable bonds is 8. The second-order valence-electron chi connectivity index (χ2n) is 9.02. The van der Waals surface area contributed by atoms with Crippen LogP contribution in [0.1, 0.15) is 51.2 Å². The molecule has 0 heterocycles. The Balaban J connectivity index is 1.38. The van der Waals surface area contributed by atoms with Crippen molar-refractivity contribution in [3.8, 4) is 17.6 Å². The highest BCUT2D eigenvalue weighted by Gasteiger charge is 2.62. The van der Waals surface area contributed by atoms with Gasteiger partial charge in [0.05, 0.1) is 5.92 Å². The van der Waals surface area contributed by atoms with E-state index in [0.717, 1.165) is 12.8 Å². The average molecular weight is 433 g/mol. The molecule has 2 aromatic carbocycles. The molecule has 3 atom stereocenters. The summed E-state index contributed by atoms with van der Waals surface area (Å²) in [4.78, 5) is 18.4. The minimum absolute atomic E-state index is 0.0662. The molecule has 3 unspecified atom stereocenters. The molecule has 166 valence electrons. The standard InChI is InChI=1S/C26H28N2O4/c1-26(2)22(17-28-32-20-12-6-7-13-20)24(26)25(29)31-23(16-27)18-9-8-14-21(15-18)30-19-10-4-3-5-11-19/h3-5,8-11,14-15,17,20,22-24H,6-7,12-13H2,1-2H3. The molecular formula is C26H28N2O4. The van der Waals surface area contributed by atoms with Gasteiger partial charge in [0.25, 0.3) is 0 Å². The van der Waals surface area contributed by atoms with Gasteiger partial charge in [-0.3, -0.25) is 4.79 Å². The van der Waals surface area contributed by atoms with Gasteiger partial charge in [-0.1, -0.05) is 49.3 Å². The van der Waals surface area contributed by atoms with E-state index in [0.29, 0.717) is 17.1 Å². The number of hydrogen-bond donors (Lipinski definition) is 0. The molecule has 0 aliphatic heterocycles. The Labute approximate surface area is 188 Å². The lowest BCUT2D eigenvalue weighted by Crippen LogP contribution is -2.14. The van der Waals surface area contributed by atoms with Crippen molar-refractivity contribution >= 4 is 12.2 Å². The Morgan fingerprint density at radius 3 is 2.56 bits per heavy atom. The van der Waals surface area contributed by atoms with Crippen molar-refractivity contribution in [2.45, 2.75) is 51.7 Å². The van der Waals surface area contributed by atoms with Gasteiger partial charge >= 0.3 is 5.97 Å². The van der Waals surface area contributed by atoms with E-state index in [1.165, 1.54) is 12.8 Å². The summed E-state index contributed by atoms with van der Waals surface area (Å²) in [5.41, 5.74) is 0.292. The first kappa shape index (κ1) is 21.9. The fourth-order valence-electron chi connectivity index (χ4n) is 4.31. The van der Waals surface area contributed by atoms with Crippen LogP contribution in [-0.2, 0) is 14.4 Å². The van der Waals surface area contributed by atoms with Crippen LogP contribution in [0.2, 0.25) is 0 Å². The number of benzene rings is 2. The number of esters is 1. The second-order valence-corrected chi connectivity index (χ2v) is 9.02. The number of para-hydroxylation sites is 1. The van der Waals surface area contributed by atoms with Crippen LogP contribution in [0.4, 0.5) is 0 Å². The Bertz CT molecular complexity index is 1010. The zero-order chi connectivity index (χ0) is 22.6. The molecule has 2 aliphatic rings. The average Bonchev–Trinajstić information content (AvgIpc) is 3.11. The summed E-state index contributed by atoms with van der Waals surface area (Å²) in [6.07, 6.45) is 5.33. The summed E-state index contributed by atoms with van der Waals surface area (Å²) < 4.78 is 11.4. The summed E-state index contributed by atoms with van der Waals surface area (Å²) in [6, 6.07) is 18.5. The lowest BCUT2D eigenvalue weighted by molar-refractivity contribution is -0.149. The maximum Gasteiger partial charge on any atom is 0.311 e. The summed E-state index contributed by atoms with van der Waals surface area (Å²) in [5.74, 6) is 0.456. The van der Waals surface area contributed by atoms with Crippen molar-refractivity contribution in [3.05, 3.63) is 60.2 Å². The van der Waals surface area contributed by atoms with Crippen molar-refractivity contribution in [3.63, 3.8) is 0 Å². The van der Waals surface area contributed by atoms with E-state index in [2.05, 4.69) is 11.2 Å². The molecule has 0 spiro atoms.